The first-order chi connectivity index (χ1) is 10.1. The van der Waals surface area contributed by atoms with Crippen molar-refractivity contribution in [3.63, 3.8) is 0 Å². The number of thiazole rings is 1. The molecule has 112 valence electrons. The number of carbonyl (C=O) groups is 1. The van der Waals surface area contributed by atoms with Gasteiger partial charge in [-0.1, -0.05) is 24.6 Å². The Morgan fingerprint density at radius 3 is 2.71 bits per heavy atom. The molecule has 0 aliphatic carbocycles. The van der Waals surface area contributed by atoms with Crippen LogP contribution in [0.25, 0.3) is 0 Å². The first-order valence-electron chi connectivity index (χ1n) is 6.83. The third-order valence-corrected chi connectivity index (χ3v) is 4.18. The highest BCUT2D eigenvalue weighted by atomic mass is 32.1. The van der Waals surface area contributed by atoms with Crippen molar-refractivity contribution in [3.8, 4) is 5.75 Å². The third-order valence-electron chi connectivity index (χ3n) is 3.02. The van der Waals surface area contributed by atoms with Gasteiger partial charge in [-0.3, -0.25) is 10.2 Å². The molecule has 0 fully saturated rings. The lowest BCUT2D eigenvalue weighted by Gasteiger charge is -2.04. The van der Waals surface area contributed by atoms with Crippen LogP contribution in [0.4, 0.5) is 0 Å². The van der Waals surface area contributed by atoms with Crippen molar-refractivity contribution in [1.29, 1.82) is 0 Å². The minimum atomic E-state index is -0.282. The van der Waals surface area contributed by atoms with E-state index in [2.05, 4.69) is 10.4 Å². The fourth-order valence-corrected chi connectivity index (χ4v) is 2.92. The molecule has 6 heteroatoms. The minimum Gasteiger partial charge on any atom is -0.493 e. The number of hydrogen-bond donors (Lipinski definition) is 2. The smallest absolute Gasteiger partial charge is 0.277 e. The number of carbonyl (C=O) groups excluding carboxylic acids is 1. The second-order valence-electron chi connectivity index (χ2n) is 4.62. The lowest BCUT2D eigenvalue weighted by Crippen LogP contribution is -2.30. The molecule has 5 nitrogen and oxygen atoms in total. The average molecular weight is 305 g/mol. The predicted molar refractivity (Wildman–Crippen MR) is 83.5 cm³/mol. The van der Waals surface area contributed by atoms with Gasteiger partial charge in [0.05, 0.1) is 17.3 Å². The van der Waals surface area contributed by atoms with Crippen LogP contribution in [0.1, 0.15) is 32.9 Å². The first kappa shape index (κ1) is 15.5. The summed E-state index contributed by atoms with van der Waals surface area (Å²) in [5, 5.41) is 0.887. The summed E-state index contributed by atoms with van der Waals surface area (Å²) in [6.45, 7) is 4.54. The van der Waals surface area contributed by atoms with E-state index in [0.29, 0.717) is 24.3 Å². The van der Waals surface area contributed by atoms with Gasteiger partial charge in [-0.2, -0.15) is 0 Å². The monoisotopic (exact) mass is 305 g/mol. The molecule has 0 unspecified atom stereocenters. The van der Waals surface area contributed by atoms with E-state index in [1.165, 1.54) is 16.9 Å². The SMILES string of the molecule is CCc1nc(CCOc2ccc(C)cc2)sc1C(=O)NN. The summed E-state index contributed by atoms with van der Waals surface area (Å²) >= 11 is 1.37. The number of nitrogens with two attached hydrogens (primary N) is 1. The lowest BCUT2D eigenvalue weighted by molar-refractivity contribution is 0.0956. The van der Waals surface area contributed by atoms with Gasteiger partial charge in [0.1, 0.15) is 10.6 Å². The second kappa shape index (κ2) is 7.19. The van der Waals surface area contributed by atoms with Gasteiger partial charge in [-0.25, -0.2) is 10.8 Å². The number of rotatable bonds is 6. The first-order valence-corrected chi connectivity index (χ1v) is 7.64. The van der Waals surface area contributed by atoms with Crippen LogP contribution in [0, 0.1) is 6.92 Å². The molecule has 0 saturated carbocycles. The van der Waals surface area contributed by atoms with E-state index in [1.807, 2.05) is 38.1 Å². The number of nitrogen functional groups attached to an aromatic ring is 1. The predicted octanol–water partition coefficient (Wildman–Crippen LogP) is 2.24. The Morgan fingerprint density at radius 1 is 1.38 bits per heavy atom. The highest BCUT2D eigenvalue weighted by molar-refractivity contribution is 7.13. The van der Waals surface area contributed by atoms with Gasteiger partial charge in [-0.15, -0.1) is 11.3 Å². The van der Waals surface area contributed by atoms with Gasteiger partial charge in [0, 0.05) is 6.42 Å². The molecule has 0 spiro atoms. The molecule has 3 N–H and O–H groups in total. The van der Waals surface area contributed by atoms with Crippen LogP contribution < -0.4 is 16.0 Å². The Bertz CT molecular complexity index is 608. The Balaban J connectivity index is 1.95. The maximum Gasteiger partial charge on any atom is 0.277 e. The zero-order valence-corrected chi connectivity index (χ0v) is 13.0. The van der Waals surface area contributed by atoms with Crippen LogP contribution in [0.15, 0.2) is 24.3 Å². The second-order valence-corrected chi connectivity index (χ2v) is 5.71. The normalized spacial score (nSPS) is 10.4. The Kier molecular flexibility index (Phi) is 5.30. The van der Waals surface area contributed by atoms with Gasteiger partial charge < -0.3 is 4.74 Å². The summed E-state index contributed by atoms with van der Waals surface area (Å²) in [7, 11) is 0. The molecule has 21 heavy (non-hydrogen) atoms. The molecular formula is C15H19N3O2S. The maximum absolute atomic E-state index is 11.6. The van der Waals surface area contributed by atoms with Gasteiger partial charge >= 0.3 is 0 Å². The van der Waals surface area contributed by atoms with E-state index in [4.69, 9.17) is 10.6 Å². The van der Waals surface area contributed by atoms with E-state index in [1.54, 1.807) is 0 Å². The molecule has 1 aromatic carbocycles. The van der Waals surface area contributed by atoms with Crippen molar-refractivity contribution in [2.75, 3.05) is 6.61 Å². The molecule has 1 amide bonds. The Morgan fingerprint density at radius 2 is 2.10 bits per heavy atom. The maximum atomic E-state index is 11.6. The van der Waals surface area contributed by atoms with Crippen molar-refractivity contribution in [2.24, 2.45) is 5.84 Å². The number of aromatic nitrogens is 1. The number of nitrogens with one attached hydrogen (secondary N) is 1. The van der Waals surface area contributed by atoms with Crippen molar-refractivity contribution in [3.05, 3.63) is 45.4 Å². The third kappa shape index (κ3) is 4.03. The number of aryl methyl sites for hydroxylation is 2. The number of benzene rings is 1. The molecule has 2 rings (SSSR count). The summed E-state index contributed by atoms with van der Waals surface area (Å²) in [6, 6.07) is 7.92. The summed E-state index contributed by atoms with van der Waals surface area (Å²) in [5.74, 6) is 5.74. The van der Waals surface area contributed by atoms with Crippen LogP contribution in [0.2, 0.25) is 0 Å². The standard InChI is InChI=1S/C15H19N3O2S/c1-3-12-14(15(19)18-16)21-13(17-12)8-9-20-11-6-4-10(2)5-7-11/h4-7H,3,8-9,16H2,1-2H3,(H,18,19). The van der Waals surface area contributed by atoms with Crippen molar-refractivity contribution < 1.29 is 9.53 Å². The molecule has 1 heterocycles. The molecule has 0 aliphatic heterocycles. The van der Waals surface area contributed by atoms with E-state index in [-0.39, 0.29) is 5.91 Å². The van der Waals surface area contributed by atoms with Crippen molar-refractivity contribution in [1.82, 2.24) is 10.4 Å². The van der Waals surface area contributed by atoms with Crippen LogP contribution in [-0.4, -0.2) is 17.5 Å². The van der Waals surface area contributed by atoms with E-state index < -0.39 is 0 Å². The lowest BCUT2D eigenvalue weighted by atomic mass is 10.2. The largest absolute Gasteiger partial charge is 0.493 e. The summed E-state index contributed by atoms with van der Waals surface area (Å²) < 4.78 is 5.68. The van der Waals surface area contributed by atoms with Crippen LogP contribution in [-0.2, 0) is 12.8 Å². The fourth-order valence-electron chi connectivity index (χ4n) is 1.88. The molecule has 0 aliphatic rings. The number of nitrogens with zero attached hydrogens (tertiary/aromatic N) is 1. The zero-order valence-electron chi connectivity index (χ0n) is 12.2. The topological polar surface area (TPSA) is 77.2 Å². The molecule has 0 radical (unpaired) electrons. The van der Waals surface area contributed by atoms with Gasteiger partial charge in [0.2, 0.25) is 0 Å². The van der Waals surface area contributed by atoms with E-state index >= 15 is 0 Å². The number of hydrogen-bond acceptors (Lipinski definition) is 5. The molecule has 0 atom stereocenters. The van der Waals surface area contributed by atoms with Gasteiger partial charge in [-0.05, 0) is 25.5 Å². The van der Waals surface area contributed by atoms with Crippen LogP contribution >= 0.6 is 11.3 Å². The highest BCUT2D eigenvalue weighted by Gasteiger charge is 2.15. The van der Waals surface area contributed by atoms with E-state index in [0.717, 1.165) is 16.5 Å². The summed E-state index contributed by atoms with van der Waals surface area (Å²) in [4.78, 5) is 16.7. The Hall–Kier alpha value is -1.92. The average Bonchev–Trinajstić information content (AvgIpc) is 2.92. The van der Waals surface area contributed by atoms with Crippen molar-refractivity contribution in [2.45, 2.75) is 26.7 Å². The zero-order chi connectivity index (χ0) is 15.2. The number of ether oxygens (including phenoxy) is 1. The Labute approximate surface area is 128 Å². The summed E-state index contributed by atoms with van der Waals surface area (Å²) in [6.07, 6.45) is 1.38. The van der Waals surface area contributed by atoms with Gasteiger partial charge in [0.15, 0.2) is 0 Å². The number of hydrazine groups is 1. The van der Waals surface area contributed by atoms with E-state index in [9.17, 15) is 4.79 Å². The molecular weight excluding hydrogens is 286 g/mol. The molecule has 2 aromatic rings. The quantitative estimate of drug-likeness (QED) is 0.487. The van der Waals surface area contributed by atoms with Crippen LogP contribution in [0.5, 0.6) is 5.75 Å². The number of amides is 1. The highest BCUT2D eigenvalue weighted by Crippen LogP contribution is 2.20. The molecule has 1 aromatic heterocycles. The summed E-state index contributed by atoms with van der Waals surface area (Å²) in [5.41, 5.74) is 4.14. The minimum absolute atomic E-state index is 0.282. The molecule has 0 bridgehead atoms. The molecule has 0 saturated heterocycles. The van der Waals surface area contributed by atoms with Crippen molar-refractivity contribution >= 4 is 17.2 Å². The fraction of sp³-hybridized carbons (Fsp3) is 0.333. The van der Waals surface area contributed by atoms with Crippen LogP contribution in [0.3, 0.4) is 0 Å². The van der Waals surface area contributed by atoms with Gasteiger partial charge in [0.25, 0.3) is 5.91 Å².